The maximum atomic E-state index is 10.8. The Kier molecular flexibility index (Phi) is 5.44. The Labute approximate surface area is 135 Å². The second-order valence-corrected chi connectivity index (χ2v) is 6.95. The summed E-state index contributed by atoms with van der Waals surface area (Å²) in [5.41, 5.74) is 0. The van der Waals surface area contributed by atoms with Crippen LogP contribution in [0.3, 0.4) is 0 Å². The lowest BCUT2D eigenvalue weighted by Crippen LogP contribution is -2.35. The number of carbonyl (C=O) groups is 3. The van der Waals surface area contributed by atoms with E-state index < -0.39 is 29.7 Å². The van der Waals surface area contributed by atoms with Crippen molar-refractivity contribution in [3.63, 3.8) is 0 Å². The van der Waals surface area contributed by atoms with E-state index >= 15 is 0 Å². The molecule has 128 valence electrons. The molecule has 4 unspecified atom stereocenters. The summed E-state index contributed by atoms with van der Waals surface area (Å²) < 4.78 is 0. The molecule has 6 nitrogen and oxygen atoms in total. The van der Waals surface area contributed by atoms with Crippen LogP contribution < -0.4 is 0 Å². The Morgan fingerprint density at radius 2 is 1.57 bits per heavy atom. The minimum Gasteiger partial charge on any atom is -0.481 e. The van der Waals surface area contributed by atoms with Crippen LogP contribution >= 0.6 is 0 Å². The van der Waals surface area contributed by atoms with E-state index in [-0.39, 0.29) is 11.8 Å². The lowest BCUT2D eigenvalue weighted by molar-refractivity contribution is -0.155. The average Bonchev–Trinajstić information content (AvgIpc) is 3.09. The molecule has 0 heterocycles. The molecule has 2 saturated carbocycles. The number of allylic oxidation sites excluding steroid dienone is 2. The normalized spacial score (nSPS) is 37.8. The summed E-state index contributed by atoms with van der Waals surface area (Å²) in [5, 5.41) is 26.3. The summed E-state index contributed by atoms with van der Waals surface area (Å²) in [6.45, 7) is 1.73. The summed E-state index contributed by atoms with van der Waals surface area (Å²) in [6, 6.07) is 0. The third-order valence-corrected chi connectivity index (χ3v) is 5.49. The first-order chi connectivity index (χ1) is 10.8. The van der Waals surface area contributed by atoms with E-state index in [1.165, 1.54) is 19.3 Å². The predicted octanol–water partition coefficient (Wildman–Crippen LogP) is 2.49. The molecule has 0 aromatic heterocycles. The van der Waals surface area contributed by atoms with Gasteiger partial charge < -0.3 is 15.3 Å². The minimum atomic E-state index is -1.02. The fourth-order valence-electron chi connectivity index (χ4n) is 4.27. The van der Waals surface area contributed by atoms with E-state index in [1.807, 2.05) is 0 Å². The van der Waals surface area contributed by atoms with Gasteiger partial charge in [-0.05, 0) is 43.4 Å². The van der Waals surface area contributed by atoms with Crippen molar-refractivity contribution in [1.82, 2.24) is 0 Å². The number of carboxylic acid groups (broad SMARTS) is 3. The van der Waals surface area contributed by atoms with Crippen LogP contribution in [0.25, 0.3) is 0 Å². The van der Waals surface area contributed by atoms with E-state index in [9.17, 15) is 14.4 Å². The number of aliphatic carboxylic acids is 3. The van der Waals surface area contributed by atoms with Gasteiger partial charge in [0.15, 0.2) is 0 Å². The number of hydrogen-bond acceptors (Lipinski definition) is 3. The fourth-order valence-corrected chi connectivity index (χ4v) is 4.27. The van der Waals surface area contributed by atoms with Crippen LogP contribution in [0.5, 0.6) is 0 Å². The topological polar surface area (TPSA) is 112 Å². The molecule has 0 spiro atoms. The minimum absolute atomic E-state index is 0.0127. The highest BCUT2D eigenvalue weighted by molar-refractivity contribution is 5.81. The monoisotopic (exact) mass is 324 g/mol. The molecule has 6 atom stereocenters. The molecule has 0 aromatic rings. The van der Waals surface area contributed by atoms with Gasteiger partial charge in [-0.25, -0.2) is 0 Å². The fraction of sp³-hybridized carbons (Fsp3) is 0.706. The maximum absolute atomic E-state index is 10.8. The summed E-state index contributed by atoms with van der Waals surface area (Å²) in [7, 11) is 0. The molecule has 3 aliphatic carbocycles. The molecule has 0 saturated heterocycles. The zero-order chi connectivity index (χ0) is 17.1. The van der Waals surface area contributed by atoms with Crippen molar-refractivity contribution in [3.8, 4) is 0 Å². The summed E-state index contributed by atoms with van der Waals surface area (Å²) in [4.78, 5) is 32.1. The Hall–Kier alpha value is -1.85. The van der Waals surface area contributed by atoms with E-state index in [4.69, 9.17) is 15.3 Å². The quantitative estimate of drug-likeness (QED) is 0.688. The first-order valence-electron chi connectivity index (χ1n) is 8.16. The van der Waals surface area contributed by atoms with Gasteiger partial charge in [-0.1, -0.05) is 25.5 Å². The van der Waals surface area contributed by atoms with Crippen molar-refractivity contribution < 1.29 is 29.7 Å². The number of fused-ring (bicyclic) bond motifs is 2. The van der Waals surface area contributed by atoms with E-state index in [0.29, 0.717) is 12.3 Å². The van der Waals surface area contributed by atoms with Gasteiger partial charge in [0.05, 0.1) is 17.8 Å². The van der Waals surface area contributed by atoms with Gasteiger partial charge in [-0.15, -0.1) is 0 Å². The molecular weight excluding hydrogens is 300 g/mol. The van der Waals surface area contributed by atoms with Gasteiger partial charge in [0, 0.05) is 0 Å². The average molecular weight is 324 g/mol. The maximum Gasteiger partial charge on any atom is 0.307 e. The molecule has 6 heteroatoms. The van der Waals surface area contributed by atoms with Crippen molar-refractivity contribution in [3.05, 3.63) is 12.2 Å². The molecule has 3 rings (SSSR count). The van der Waals surface area contributed by atoms with Gasteiger partial charge in [0.25, 0.3) is 0 Å². The third kappa shape index (κ3) is 3.92. The standard InChI is InChI=1S/C9H12O4.C8H12O2/c1-5-3-2-4-6(8(10)11)7(5)9(12)13;9-8(10)7-4-5-1-2-6(7)3-5/h2-3,5-7H,4H2,1H3,(H,10,11)(H,12,13);5-7H,1-4H2,(H,9,10)/t5?,6-,7+;/m1./s1. The summed E-state index contributed by atoms with van der Waals surface area (Å²) in [5.74, 6) is -3.08. The van der Waals surface area contributed by atoms with Crippen LogP contribution in [0.2, 0.25) is 0 Å². The van der Waals surface area contributed by atoms with Gasteiger partial charge in [-0.3, -0.25) is 14.4 Å². The molecule has 2 bridgehead atoms. The molecule has 0 aromatic carbocycles. The zero-order valence-electron chi connectivity index (χ0n) is 13.2. The largest absolute Gasteiger partial charge is 0.481 e. The predicted molar refractivity (Wildman–Crippen MR) is 81.7 cm³/mol. The van der Waals surface area contributed by atoms with Crippen LogP contribution in [-0.4, -0.2) is 33.2 Å². The Morgan fingerprint density at radius 3 is 1.91 bits per heavy atom. The first kappa shape index (κ1) is 17.5. The molecule has 0 amide bonds. The Morgan fingerprint density at radius 1 is 0.913 bits per heavy atom. The van der Waals surface area contributed by atoms with Crippen LogP contribution in [0, 0.1) is 35.5 Å². The lowest BCUT2D eigenvalue weighted by atomic mass is 9.77. The van der Waals surface area contributed by atoms with Crippen molar-refractivity contribution in [2.45, 2.75) is 39.0 Å². The Bertz CT molecular complexity index is 511. The second kappa shape index (κ2) is 7.15. The molecule has 3 aliphatic rings. The van der Waals surface area contributed by atoms with Crippen LogP contribution in [-0.2, 0) is 14.4 Å². The SMILES string of the molecule is CC1C=CC[C@@H](C(=O)O)[C@H]1C(=O)O.O=C(O)C1CC2CCC1C2. The molecule has 2 fully saturated rings. The number of hydrogen-bond donors (Lipinski definition) is 3. The van der Waals surface area contributed by atoms with Gasteiger partial charge >= 0.3 is 17.9 Å². The van der Waals surface area contributed by atoms with Gasteiger partial charge in [-0.2, -0.15) is 0 Å². The van der Waals surface area contributed by atoms with E-state index in [1.54, 1.807) is 19.1 Å². The molecular formula is C17H24O6. The van der Waals surface area contributed by atoms with Crippen molar-refractivity contribution in [2.24, 2.45) is 35.5 Å². The summed E-state index contributed by atoms with van der Waals surface area (Å²) in [6.07, 6.45) is 8.42. The zero-order valence-corrected chi connectivity index (χ0v) is 13.2. The smallest absolute Gasteiger partial charge is 0.307 e. The lowest BCUT2D eigenvalue weighted by Gasteiger charge is -2.26. The van der Waals surface area contributed by atoms with Crippen LogP contribution in [0.1, 0.15) is 39.0 Å². The van der Waals surface area contributed by atoms with Crippen LogP contribution in [0.15, 0.2) is 12.2 Å². The molecule has 3 N–H and O–H groups in total. The van der Waals surface area contributed by atoms with Gasteiger partial charge in [0.1, 0.15) is 0 Å². The highest BCUT2D eigenvalue weighted by atomic mass is 16.4. The highest BCUT2D eigenvalue weighted by Crippen LogP contribution is 2.48. The van der Waals surface area contributed by atoms with Crippen molar-refractivity contribution in [1.29, 1.82) is 0 Å². The van der Waals surface area contributed by atoms with Crippen molar-refractivity contribution >= 4 is 17.9 Å². The van der Waals surface area contributed by atoms with Crippen LogP contribution in [0.4, 0.5) is 0 Å². The first-order valence-corrected chi connectivity index (χ1v) is 8.16. The summed E-state index contributed by atoms with van der Waals surface area (Å²) >= 11 is 0. The number of rotatable bonds is 3. The van der Waals surface area contributed by atoms with E-state index in [2.05, 4.69) is 0 Å². The number of carboxylic acids is 3. The molecule has 0 aliphatic heterocycles. The van der Waals surface area contributed by atoms with Gasteiger partial charge in [0.2, 0.25) is 0 Å². The molecule has 0 radical (unpaired) electrons. The third-order valence-electron chi connectivity index (χ3n) is 5.49. The second-order valence-electron chi connectivity index (χ2n) is 6.95. The van der Waals surface area contributed by atoms with E-state index in [0.717, 1.165) is 12.3 Å². The molecule has 23 heavy (non-hydrogen) atoms. The van der Waals surface area contributed by atoms with Crippen molar-refractivity contribution in [2.75, 3.05) is 0 Å². The Balaban J connectivity index is 0.000000172. The highest BCUT2D eigenvalue weighted by Gasteiger charge is 2.43.